The molecule has 0 aliphatic carbocycles. The molecule has 1 aromatic rings. The number of carbonyl (C=O) groups is 1. The summed E-state index contributed by atoms with van der Waals surface area (Å²) in [7, 11) is 0. The van der Waals surface area contributed by atoms with E-state index < -0.39 is 6.10 Å². The third-order valence-corrected chi connectivity index (χ3v) is 4.20. The summed E-state index contributed by atoms with van der Waals surface area (Å²) in [5.74, 6) is 0.562. The summed E-state index contributed by atoms with van der Waals surface area (Å²) < 4.78 is 0. The minimum atomic E-state index is -0.798. The van der Waals surface area contributed by atoms with Gasteiger partial charge in [-0.3, -0.25) is 4.79 Å². The van der Waals surface area contributed by atoms with Crippen LogP contribution in [0.2, 0.25) is 5.02 Å². The van der Waals surface area contributed by atoms with E-state index in [-0.39, 0.29) is 11.9 Å². The Morgan fingerprint density at radius 1 is 1.14 bits per heavy atom. The molecule has 1 N–H and O–H groups in total. The predicted octanol–water partition coefficient (Wildman–Crippen LogP) is 1.72. The van der Waals surface area contributed by atoms with E-state index in [0.29, 0.717) is 23.9 Å². The maximum Gasteiger partial charge on any atom is 0.251 e. The van der Waals surface area contributed by atoms with E-state index in [1.54, 1.807) is 12.4 Å². The number of aliphatic hydroxyl groups excluding tert-OH is 1. The first-order valence-electron chi connectivity index (χ1n) is 7.86. The number of amides is 1. The normalized spacial score (nSPS) is 22.5. The van der Waals surface area contributed by atoms with Gasteiger partial charge in [-0.15, -0.1) is 0 Å². The van der Waals surface area contributed by atoms with Crippen LogP contribution in [-0.2, 0) is 4.79 Å². The number of nitrogens with zero attached hydrogens (tertiary/aromatic N) is 4. The summed E-state index contributed by atoms with van der Waals surface area (Å²) >= 11 is 5.78. The third-order valence-electron chi connectivity index (χ3n) is 4.01. The predicted molar refractivity (Wildman–Crippen MR) is 86.0 cm³/mol. The number of hydrogen-bond donors (Lipinski definition) is 1. The van der Waals surface area contributed by atoms with Crippen LogP contribution in [0.25, 0.3) is 0 Å². The largest absolute Gasteiger partial charge is 0.383 e. The molecule has 3 heterocycles. The van der Waals surface area contributed by atoms with Gasteiger partial charge in [-0.25, -0.2) is 9.97 Å². The number of aliphatic hydroxyl groups is 1. The number of carbonyl (C=O) groups excluding carboxylic acids is 1. The maximum atomic E-state index is 11.8. The van der Waals surface area contributed by atoms with Gasteiger partial charge in [0, 0.05) is 25.7 Å². The van der Waals surface area contributed by atoms with E-state index in [0.717, 1.165) is 25.9 Å². The van der Waals surface area contributed by atoms with Crippen molar-refractivity contribution >= 4 is 23.5 Å². The number of likely N-dealkylation sites (tertiary alicyclic amines) is 1. The molecule has 0 spiro atoms. The lowest BCUT2D eigenvalue weighted by Gasteiger charge is -2.36. The summed E-state index contributed by atoms with van der Waals surface area (Å²) in [4.78, 5) is 24.2. The van der Waals surface area contributed by atoms with Crippen molar-refractivity contribution in [1.29, 1.82) is 0 Å². The zero-order valence-corrected chi connectivity index (χ0v) is 13.8. The fourth-order valence-corrected chi connectivity index (χ4v) is 2.99. The number of anilines is 1. The molecule has 1 atom stereocenters. The van der Waals surface area contributed by atoms with Gasteiger partial charge in [0.05, 0.1) is 17.4 Å². The molecule has 1 aromatic heterocycles. The molecule has 2 aliphatic rings. The fraction of sp³-hybridized carbons (Fsp3) is 0.667. The number of rotatable bonds is 2. The summed E-state index contributed by atoms with van der Waals surface area (Å²) in [6, 6.07) is 0.225. The molecule has 0 radical (unpaired) electrons. The topological polar surface area (TPSA) is 69.6 Å². The number of piperidine rings is 1. The average molecular weight is 327 g/mol. The van der Waals surface area contributed by atoms with Crippen LogP contribution in [0.15, 0.2) is 12.4 Å². The molecule has 3 rings (SSSR count). The van der Waals surface area contributed by atoms with Crippen LogP contribution >= 0.6 is 11.6 Å². The Kier molecular flexibility index (Phi) is 5.97. The molecule has 7 heteroatoms. The summed E-state index contributed by atoms with van der Waals surface area (Å²) in [5, 5.41) is 10.0. The summed E-state index contributed by atoms with van der Waals surface area (Å²) in [6.07, 6.45) is 4.70. The molecule has 2 aliphatic heterocycles. The van der Waals surface area contributed by atoms with Gasteiger partial charge in [-0.2, -0.15) is 0 Å². The molecule has 0 aromatic carbocycles. The van der Waals surface area contributed by atoms with E-state index >= 15 is 0 Å². The summed E-state index contributed by atoms with van der Waals surface area (Å²) in [5.41, 5.74) is 0. The molecular formula is C15H23ClN4O2. The molecule has 0 saturated carbocycles. The van der Waals surface area contributed by atoms with Crippen molar-refractivity contribution in [1.82, 2.24) is 14.9 Å². The second kappa shape index (κ2) is 7.74. The third kappa shape index (κ3) is 3.67. The van der Waals surface area contributed by atoms with E-state index in [2.05, 4.69) is 14.9 Å². The van der Waals surface area contributed by atoms with E-state index in [4.69, 9.17) is 11.6 Å². The smallest absolute Gasteiger partial charge is 0.251 e. The number of aromatic nitrogens is 2. The van der Waals surface area contributed by atoms with Crippen LogP contribution in [-0.4, -0.2) is 57.7 Å². The Hall–Kier alpha value is -1.40. The Morgan fingerprint density at radius 3 is 2.23 bits per heavy atom. The van der Waals surface area contributed by atoms with Crippen molar-refractivity contribution in [3.63, 3.8) is 0 Å². The average Bonchev–Trinajstić information content (AvgIpc) is 2.90. The molecule has 1 amide bonds. The highest BCUT2D eigenvalue weighted by Gasteiger charge is 2.36. The van der Waals surface area contributed by atoms with Crippen LogP contribution in [0.3, 0.4) is 0 Å². The molecule has 2 fully saturated rings. The molecule has 6 nitrogen and oxygen atoms in total. The Balaban J connectivity index is 0.000000847. The first-order valence-corrected chi connectivity index (χ1v) is 8.24. The van der Waals surface area contributed by atoms with Crippen LogP contribution in [0, 0.1) is 0 Å². The van der Waals surface area contributed by atoms with Crippen molar-refractivity contribution in [2.45, 2.75) is 45.3 Å². The molecule has 0 bridgehead atoms. The molecule has 2 saturated heterocycles. The van der Waals surface area contributed by atoms with Crippen LogP contribution < -0.4 is 4.90 Å². The molecular weight excluding hydrogens is 304 g/mol. The zero-order valence-electron chi connectivity index (χ0n) is 13.1. The van der Waals surface area contributed by atoms with Gasteiger partial charge in [-0.05, 0) is 19.3 Å². The SMILES string of the molecule is CC.O=C1C(O)CCN1C1CCN(c2ncc(Cl)cn2)CC1. The van der Waals surface area contributed by atoms with E-state index in [1.807, 2.05) is 18.7 Å². The van der Waals surface area contributed by atoms with Gasteiger partial charge in [-0.1, -0.05) is 25.4 Å². The minimum Gasteiger partial charge on any atom is -0.383 e. The number of hydrogen-bond acceptors (Lipinski definition) is 5. The number of halogens is 1. The summed E-state index contributed by atoms with van der Waals surface area (Å²) in [6.45, 7) is 6.29. The van der Waals surface area contributed by atoms with Gasteiger partial charge in [0.25, 0.3) is 5.91 Å². The van der Waals surface area contributed by atoms with E-state index in [9.17, 15) is 9.90 Å². The van der Waals surface area contributed by atoms with Gasteiger partial charge in [0.2, 0.25) is 5.95 Å². The highest BCUT2D eigenvalue weighted by atomic mass is 35.5. The van der Waals surface area contributed by atoms with Crippen LogP contribution in [0.5, 0.6) is 0 Å². The fourth-order valence-electron chi connectivity index (χ4n) is 2.90. The molecule has 22 heavy (non-hydrogen) atoms. The first kappa shape index (κ1) is 17.0. The lowest BCUT2D eigenvalue weighted by atomic mass is 10.0. The van der Waals surface area contributed by atoms with Crippen LogP contribution in [0.4, 0.5) is 5.95 Å². The maximum absolute atomic E-state index is 11.8. The lowest BCUT2D eigenvalue weighted by molar-refractivity contribution is -0.136. The Bertz CT molecular complexity index is 489. The van der Waals surface area contributed by atoms with Crippen LogP contribution in [0.1, 0.15) is 33.1 Å². The van der Waals surface area contributed by atoms with Gasteiger partial charge in [0.15, 0.2) is 0 Å². The second-order valence-electron chi connectivity index (χ2n) is 5.26. The monoisotopic (exact) mass is 326 g/mol. The highest BCUT2D eigenvalue weighted by Crippen LogP contribution is 2.24. The lowest BCUT2D eigenvalue weighted by Crippen LogP contribution is -2.46. The van der Waals surface area contributed by atoms with Crippen molar-refractivity contribution in [3.05, 3.63) is 17.4 Å². The quantitative estimate of drug-likeness (QED) is 0.896. The van der Waals surface area contributed by atoms with E-state index in [1.165, 1.54) is 0 Å². The Morgan fingerprint density at radius 2 is 1.73 bits per heavy atom. The van der Waals surface area contributed by atoms with Gasteiger partial charge in [0.1, 0.15) is 6.10 Å². The molecule has 1 unspecified atom stereocenters. The van der Waals surface area contributed by atoms with Crippen molar-refractivity contribution < 1.29 is 9.90 Å². The van der Waals surface area contributed by atoms with Crippen molar-refractivity contribution in [3.8, 4) is 0 Å². The minimum absolute atomic E-state index is 0.119. The Labute approximate surface area is 136 Å². The van der Waals surface area contributed by atoms with Crippen molar-refractivity contribution in [2.75, 3.05) is 24.5 Å². The van der Waals surface area contributed by atoms with Gasteiger partial charge >= 0.3 is 0 Å². The van der Waals surface area contributed by atoms with Crippen molar-refractivity contribution in [2.24, 2.45) is 0 Å². The first-order chi connectivity index (χ1) is 10.6. The highest BCUT2D eigenvalue weighted by molar-refractivity contribution is 6.30. The van der Waals surface area contributed by atoms with Gasteiger partial charge < -0.3 is 14.9 Å². The standard InChI is InChI=1S/C13H17ClN4O2.C2H6/c14-9-7-15-13(16-8-9)17-4-1-10(2-5-17)18-6-3-11(19)12(18)20;1-2/h7-8,10-11,19H,1-6H2;1-2H3. The second-order valence-corrected chi connectivity index (χ2v) is 5.69. The molecule has 122 valence electrons. The zero-order chi connectivity index (χ0) is 16.1.